The van der Waals surface area contributed by atoms with Gasteiger partial charge in [-0.05, 0) is 36.2 Å². The van der Waals surface area contributed by atoms with Gasteiger partial charge < -0.3 is 10.6 Å². The molecule has 0 bridgehead atoms. The summed E-state index contributed by atoms with van der Waals surface area (Å²) in [6, 6.07) is 15.2. The molecule has 0 aromatic heterocycles. The van der Waals surface area contributed by atoms with Crippen LogP contribution in [0.1, 0.15) is 12.0 Å². The maximum atomic E-state index is 12.1. The fourth-order valence-electron chi connectivity index (χ4n) is 2.10. The van der Waals surface area contributed by atoms with Crippen molar-refractivity contribution in [2.75, 3.05) is 12.3 Å². The van der Waals surface area contributed by atoms with Crippen molar-refractivity contribution in [1.29, 1.82) is 0 Å². The molecule has 0 aliphatic rings. The maximum absolute atomic E-state index is 12.1. The molecule has 0 unspecified atom stereocenters. The fraction of sp³-hybridized carbons (Fsp3) is 0.235. The lowest BCUT2D eigenvalue weighted by atomic mass is 10.2. The third-order valence-electron chi connectivity index (χ3n) is 3.32. The van der Waals surface area contributed by atoms with E-state index in [1.807, 2.05) is 12.1 Å². The van der Waals surface area contributed by atoms with E-state index in [1.165, 1.54) is 0 Å². The lowest BCUT2D eigenvalue weighted by molar-refractivity contribution is 0.240. The lowest BCUT2D eigenvalue weighted by Gasteiger charge is -2.08. The average Bonchev–Trinajstić information content (AvgIpc) is 2.58. The van der Waals surface area contributed by atoms with E-state index >= 15 is 0 Å². The summed E-state index contributed by atoms with van der Waals surface area (Å²) < 4.78 is 24.2. The molecule has 0 saturated carbocycles. The van der Waals surface area contributed by atoms with Gasteiger partial charge in [0.1, 0.15) is 0 Å². The normalized spacial score (nSPS) is 11.0. The number of nitrogens with one attached hydrogen (secondary N) is 2. The van der Waals surface area contributed by atoms with Crippen LogP contribution in [0.5, 0.6) is 0 Å². The van der Waals surface area contributed by atoms with Crippen LogP contribution in [0.2, 0.25) is 5.02 Å². The summed E-state index contributed by atoms with van der Waals surface area (Å²) in [7, 11) is -3.30. The molecular weight excluding hydrogens is 348 g/mol. The molecule has 0 spiro atoms. The van der Waals surface area contributed by atoms with Crippen LogP contribution in [0.4, 0.5) is 4.79 Å². The van der Waals surface area contributed by atoms with Crippen molar-refractivity contribution in [3.05, 3.63) is 65.2 Å². The van der Waals surface area contributed by atoms with Crippen LogP contribution < -0.4 is 10.6 Å². The minimum absolute atomic E-state index is 0.00835. The first-order valence-electron chi connectivity index (χ1n) is 7.51. The standard InChI is InChI=1S/C17H19ClN2O3S/c18-15-7-4-6-14(12-15)13-20-17(21)19-10-5-11-24(22,23)16-8-2-1-3-9-16/h1-4,6-9,12H,5,10-11,13H2,(H2,19,20,21). The molecule has 0 fully saturated rings. The summed E-state index contributed by atoms with van der Waals surface area (Å²) >= 11 is 5.87. The van der Waals surface area contributed by atoms with E-state index in [0.29, 0.717) is 22.9 Å². The number of amides is 2. The predicted octanol–water partition coefficient (Wildman–Crippen LogP) is 3.00. The van der Waals surface area contributed by atoms with Gasteiger partial charge in [0.2, 0.25) is 0 Å². The molecule has 0 heterocycles. The average molecular weight is 367 g/mol. The molecule has 24 heavy (non-hydrogen) atoms. The van der Waals surface area contributed by atoms with Crippen molar-refractivity contribution < 1.29 is 13.2 Å². The molecule has 0 atom stereocenters. The van der Waals surface area contributed by atoms with Crippen LogP contribution in [-0.2, 0) is 16.4 Å². The largest absolute Gasteiger partial charge is 0.338 e. The highest BCUT2D eigenvalue weighted by Crippen LogP contribution is 2.11. The number of halogens is 1. The zero-order valence-electron chi connectivity index (χ0n) is 13.0. The number of carbonyl (C=O) groups excluding carboxylic acids is 1. The van der Waals surface area contributed by atoms with Gasteiger partial charge in [0, 0.05) is 18.1 Å². The number of sulfone groups is 1. The molecule has 2 aromatic rings. The van der Waals surface area contributed by atoms with Crippen LogP contribution in [0, 0.1) is 0 Å². The second-order valence-corrected chi connectivity index (χ2v) is 7.77. The van der Waals surface area contributed by atoms with Crippen molar-refractivity contribution in [3.8, 4) is 0 Å². The molecule has 2 N–H and O–H groups in total. The number of urea groups is 1. The Bertz CT molecular complexity index is 779. The van der Waals surface area contributed by atoms with Crippen molar-refractivity contribution >= 4 is 27.5 Å². The molecular formula is C17H19ClN2O3S. The summed E-state index contributed by atoms with van der Waals surface area (Å²) in [6.07, 6.45) is 0.349. The second-order valence-electron chi connectivity index (χ2n) is 5.22. The summed E-state index contributed by atoms with van der Waals surface area (Å²) in [4.78, 5) is 12.0. The highest BCUT2D eigenvalue weighted by molar-refractivity contribution is 7.91. The summed E-state index contributed by atoms with van der Waals surface area (Å²) in [5.74, 6) is -0.00835. The van der Waals surface area contributed by atoms with E-state index in [4.69, 9.17) is 11.6 Å². The van der Waals surface area contributed by atoms with E-state index in [1.54, 1.807) is 42.5 Å². The minimum Gasteiger partial charge on any atom is -0.338 e. The van der Waals surface area contributed by atoms with E-state index in [-0.39, 0.29) is 18.3 Å². The molecule has 0 saturated heterocycles. The van der Waals surface area contributed by atoms with Gasteiger partial charge in [-0.1, -0.05) is 41.9 Å². The number of hydrogen-bond donors (Lipinski definition) is 2. The van der Waals surface area contributed by atoms with Gasteiger partial charge in [-0.15, -0.1) is 0 Å². The Labute approximate surface area is 147 Å². The fourth-order valence-corrected chi connectivity index (χ4v) is 3.65. The van der Waals surface area contributed by atoms with Crippen molar-refractivity contribution in [2.45, 2.75) is 17.9 Å². The number of carbonyl (C=O) groups is 1. The van der Waals surface area contributed by atoms with Crippen LogP contribution in [0.25, 0.3) is 0 Å². The van der Waals surface area contributed by atoms with Gasteiger partial charge in [0.05, 0.1) is 10.6 Å². The Hall–Kier alpha value is -2.05. The van der Waals surface area contributed by atoms with E-state index in [2.05, 4.69) is 10.6 Å². The summed E-state index contributed by atoms with van der Waals surface area (Å²) in [6.45, 7) is 0.641. The molecule has 128 valence electrons. The predicted molar refractivity (Wildman–Crippen MR) is 94.8 cm³/mol. The lowest BCUT2D eigenvalue weighted by Crippen LogP contribution is -2.36. The van der Waals surface area contributed by atoms with E-state index in [0.717, 1.165) is 5.56 Å². The Morgan fingerprint density at radius 3 is 2.46 bits per heavy atom. The van der Waals surface area contributed by atoms with E-state index < -0.39 is 9.84 Å². The van der Waals surface area contributed by atoms with Gasteiger partial charge in [0.15, 0.2) is 9.84 Å². The first-order valence-corrected chi connectivity index (χ1v) is 9.54. The summed E-state index contributed by atoms with van der Waals surface area (Å²) in [5, 5.41) is 5.95. The van der Waals surface area contributed by atoms with Gasteiger partial charge >= 0.3 is 6.03 Å². The first-order chi connectivity index (χ1) is 11.5. The van der Waals surface area contributed by atoms with Crippen molar-refractivity contribution in [3.63, 3.8) is 0 Å². The quantitative estimate of drug-likeness (QED) is 0.739. The zero-order chi connectivity index (χ0) is 17.4. The Morgan fingerprint density at radius 2 is 1.75 bits per heavy atom. The first kappa shape index (κ1) is 18.3. The van der Waals surface area contributed by atoms with Crippen LogP contribution in [0.3, 0.4) is 0 Å². The monoisotopic (exact) mass is 366 g/mol. The van der Waals surface area contributed by atoms with Crippen LogP contribution in [0.15, 0.2) is 59.5 Å². The van der Waals surface area contributed by atoms with E-state index in [9.17, 15) is 13.2 Å². The second kappa shape index (κ2) is 8.70. The molecule has 2 aromatic carbocycles. The van der Waals surface area contributed by atoms with Crippen molar-refractivity contribution in [2.24, 2.45) is 0 Å². The summed E-state index contributed by atoms with van der Waals surface area (Å²) in [5.41, 5.74) is 0.893. The van der Waals surface area contributed by atoms with Crippen LogP contribution >= 0.6 is 11.6 Å². The van der Waals surface area contributed by atoms with Gasteiger partial charge in [-0.25, -0.2) is 13.2 Å². The van der Waals surface area contributed by atoms with Crippen molar-refractivity contribution in [1.82, 2.24) is 10.6 Å². The SMILES string of the molecule is O=C(NCCCS(=O)(=O)c1ccccc1)NCc1cccc(Cl)c1. The molecule has 2 amide bonds. The smallest absolute Gasteiger partial charge is 0.315 e. The van der Waals surface area contributed by atoms with Gasteiger partial charge in [0.25, 0.3) is 0 Å². The van der Waals surface area contributed by atoms with Gasteiger partial charge in [-0.3, -0.25) is 0 Å². The molecule has 2 rings (SSSR count). The topological polar surface area (TPSA) is 75.3 Å². The Balaban J connectivity index is 1.69. The number of hydrogen-bond acceptors (Lipinski definition) is 3. The van der Waals surface area contributed by atoms with Gasteiger partial charge in [-0.2, -0.15) is 0 Å². The maximum Gasteiger partial charge on any atom is 0.315 e. The highest BCUT2D eigenvalue weighted by Gasteiger charge is 2.13. The Kier molecular flexibility index (Phi) is 6.63. The minimum atomic E-state index is -3.30. The highest BCUT2D eigenvalue weighted by atomic mass is 35.5. The number of benzene rings is 2. The molecule has 0 aliphatic heterocycles. The zero-order valence-corrected chi connectivity index (χ0v) is 14.6. The molecule has 5 nitrogen and oxygen atoms in total. The molecule has 7 heteroatoms. The Morgan fingerprint density at radius 1 is 1.00 bits per heavy atom. The number of rotatable bonds is 7. The van der Waals surface area contributed by atoms with Crippen LogP contribution in [-0.4, -0.2) is 26.7 Å². The molecule has 0 radical (unpaired) electrons. The third kappa shape index (κ3) is 5.86. The third-order valence-corrected chi connectivity index (χ3v) is 5.37. The molecule has 0 aliphatic carbocycles.